The number of likely N-dealkylation sites (N-methyl/N-ethyl adjacent to an activating group) is 2. The number of nitrogens with zero attached hydrogens (tertiary/aromatic N) is 6. The molecule has 0 spiro atoms. The van der Waals surface area contributed by atoms with Crippen LogP contribution in [0.15, 0.2) is 24.3 Å². The number of aryl methyl sites for hydroxylation is 1. The maximum atomic E-state index is 12.7. The van der Waals surface area contributed by atoms with Crippen LogP contribution in [0.3, 0.4) is 0 Å². The van der Waals surface area contributed by atoms with Crippen molar-refractivity contribution < 1.29 is 9.59 Å². The number of carbonyl (C=O) groups excluding carboxylic acids is 2. The quantitative estimate of drug-likeness (QED) is 0.398. The zero-order chi connectivity index (χ0) is 24.8. The molecular formula is C26H38N6O2. The van der Waals surface area contributed by atoms with Gasteiger partial charge < -0.3 is 14.6 Å². The third-order valence-electron chi connectivity index (χ3n) is 6.74. The van der Waals surface area contributed by atoms with Crippen LogP contribution in [-0.2, 0) is 16.0 Å². The van der Waals surface area contributed by atoms with E-state index in [1.54, 1.807) is 12.1 Å². The van der Waals surface area contributed by atoms with Crippen molar-refractivity contribution in [1.29, 1.82) is 10.5 Å². The smallest absolute Gasteiger partial charge is 0.248 e. The number of carbonyl (C=O) groups is 2. The van der Waals surface area contributed by atoms with Crippen molar-refractivity contribution in [1.82, 2.24) is 19.6 Å². The minimum atomic E-state index is -0.451. The Hall–Kier alpha value is -2.62. The van der Waals surface area contributed by atoms with Crippen LogP contribution in [0.2, 0.25) is 0 Å². The summed E-state index contributed by atoms with van der Waals surface area (Å²) in [6.07, 6.45) is 2.23. The molecule has 0 radical (unpaired) electrons. The second-order valence-corrected chi connectivity index (χ2v) is 8.71. The second-order valence-electron chi connectivity index (χ2n) is 8.71. The Bertz CT molecular complexity index is 824. The van der Waals surface area contributed by atoms with E-state index < -0.39 is 6.04 Å². The first-order chi connectivity index (χ1) is 16.5. The molecule has 2 rings (SSSR count). The third-order valence-corrected chi connectivity index (χ3v) is 6.74. The number of hydrogen-bond donors (Lipinski definition) is 0. The van der Waals surface area contributed by atoms with E-state index in [0.29, 0.717) is 38.0 Å². The van der Waals surface area contributed by atoms with Crippen molar-refractivity contribution in [2.24, 2.45) is 0 Å². The van der Waals surface area contributed by atoms with Gasteiger partial charge in [0.2, 0.25) is 5.78 Å². The standard InChI is InChI=1S/C26H38N6O2/c1-3-29-11-13-31(19-20-33)14-12-30(4-2)16-18-32(17-15-29)25(26(34)22-28)10-9-23-5-7-24(21-27)8-6-23/h5-8,20,25H,3-4,9-19H2,1-2H3. The van der Waals surface area contributed by atoms with Crippen LogP contribution >= 0.6 is 0 Å². The summed E-state index contributed by atoms with van der Waals surface area (Å²) in [4.78, 5) is 32.9. The first-order valence-electron chi connectivity index (χ1n) is 12.3. The third kappa shape index (κ3) is 8.96. The van der Waals surface area contributed by atoms with Gasteiger partial charge in [0, 0.05) is 52.4 Å². The highest BCUT2D eigenvalue weighted by Crippen LogP contribution is 2.14. The predicted octanol–water partition coefficient (Wildman–Crippen LogP) is 1.41. The Labute approximate surface area is 204 Å². The van der Waals surface area contributed by atoms with Crippen molar-refractivity contribution in [3.05, 3.63) is 35.4 Å². The van der Waals surface area contributed by atoms with Gasteiger partial charge in [-0.3, -0.25) is 14.6 Å². The van der Waals surface area contributed by atoms with Gasteiger partial charge in [0.25, 0.3) is 0 Å². The van der Waals surface area contributed by atoms with Gasteiger partial charge in [0.15, 0.2) is 0 Å². The fourth-order valence-corrected chi connectivity index (χ4v) is 4.39. The molecule has 1 atom stereocenters. The monoisotopic (exact) mass is 466 g/mol. The lowest BCUT2D eigenvalue weighted by Gasteiger charge is -2.35. The van der Waals surface area contributed by atoms with Crippen LogP contribution in [0.1, 0.15) is 31.4 Å². The average molecular weight is 467 g/mol. The molecule has 184 valence electrons. The fourth-order valence-electron chi connectivity index (χ4n) is 4.39. The molecule has 0 aliphatic carbocycles. The highest BCUT2D eigenvalue weighted by molar-refractivity contribution is 5.97. The van der Waals surface area contributed by atoms with E-state index in [9.17, 15) is 14.9 Å². The minimum absolute atomic E-state index is 0.385. The molecule has 1 fully saturated rings. The summed E-state index contributed by atoms with van der Waals surface area (Å²) in [6.45, 7) is 12.9. The molecule has 0 N–H and O–H groups in total. The van der Waals surface area contributed by atoms with Crippen molar-refractivity contribution in [3.8, 4) is 12.1 Å². The van der Waals surface area contributed by atoms with Crippen LogP contribution in [0.5, 0.6) is 0 Å². The lowest BCUT2D eigenvalue weighted by Crippen LogP contribution is -2.50. The predicted molar refractivity (Wildman–Crippen MR) is 132 cm³/mol. The van der Waals surface area contributed by atoms with E-state index in [2.05, 4.69) is 39.5 Å². The van der Waals surface area contributed by atoms with Crippen LogP contribution in [-0.4, -0.2) is 110 Å². The molecule has 1 saturated heterocycles. The Morgan fingerprint density at radius 2 is 1.44 bits per heavy atom. The van der Waals surface area contributed by atoms with Gasteiger partial charge in [-0.1, -0.05) is 26.0 Å². The molecule has 8 nitrogen and oxygen atoms in total. The Morgan fingerprint density at radius 3 is 1.91 bits per heavy atom. The highest BCUT2D eigenvalue weighted by Gasteiger charge is 2.27. The molecule has 1 aliphatic heterocycles. The highest BCUT2D eigenvalue weighted by atomic mass is 16.1. The maximum absolute atomic E-state index is 12.7. The molecular weight excluding hydrogens is 428 g/mol. The van der Waals surface area contributed by atoms with E-state index in [4.69, 9.17) is 5.26 Å². The summed E-state index contributed by atoms with van der Waals surface area (Å²) in [5.74, 6) is -0.385. The van der Waals surface area contributed by atoms with Gasteiger partial charge >= 0.3 is 0 Å². The second kappa shape index (κ2) is 15.3. The number of ketones is 1. The van der Waals surface area contributed by atoms with Crippen LogP contribution < -0.4 is 0 Å². The van der Waals surface area contributed by atoms with E-state index >= 15 is 0 Å². The van der Waals surface area contributed by atoms with E-state index in [1.807, 2.05) is 18.2 Å². The van der Waals surface area contributed by atoms with Gasteiger partial charge in [-0.25, -0.2) is 0 Å². The molecule has 0 bridgehead atoms. The van der Waals surface area contributed by atoms with Crippen molar-refractivity contribution >= 4 is 12.1 Å². The van der Waals surface area contributed by atoms with E-state index in [-0.39, 0.29) is 5.78 Å². The summed E-state index contributed by atoms with van der Waals surface area (Å²) in [6, 6.07) is 11.0. The lowest BCUT2D eigenvalue weighted by molar-refractivity contribution is -0.119. The van der Waals surface area contributed by atoms with Crippen LogP contribution in [0, 0.1) is 22.7 Å². The van der Waals surface area contributed by atoms with Gasteiger partial charge in [0.1, 0.15) is 12.4 Å². The zero-order valence-corrected chi connectivity index (χ0v) is 20.7. The minimum Gasteiger partial charge on any atom is -0.302 e. The van der Waals surface area contributed by atoms with Crippen molar-refractivity contribution in [2.75, 3.05) is 72.0 Å². The summed E-state index contributed by atoms with van der Waals surface area (Å²) >= 11 is 0. The summed E-state index contributed by atoms with van der Waals surface area (Å²) in [5, 5.41) is 18.5. The Morgan fingerprint density at radius 1 is 0.912 bits per heavy atom. The largest absolute Gasteiger partial charge is 0.302 e. The fraction of sp³-hybridized carbons (Fsp3) is 0.615. The first kappa shape index (κ1) is 27.6. The number of benzene rings is 1. The van der Waals surface area contributed by atoms with Gasteiger partial charge in [-0.05, 0) is 43.6 Å². The maximum Gasteiger partial charge on any atom is 0.248 e. The Kier molecular flexibility index (Phi) is 12.4. The number of aldehydes is 1. The molecule has 1 unspecified atom stereocenters. The zero-order valence-electron chi connectivity index (χ0n) is 20.7. The number of Topliss-reactive ketones (excluding diaryl/α,β-unsaturated/α-hetero) is 1. The summed E-state index contributed by atoms with van der Waals surface area (Å²) in [5.41, 5.74) is 1.67. The SMILES string of the molecule is CCN1CCN(CC=O)CCN(CC)CCN(C(CCc2ccc(C#N)cc2)C(=O)C#N)CC1. The molecule has 1 heterocycles. The van der Waals surface area contributed by atoms with Crippen molar-refractivity contribution in [2.45, 2.75) is 32.7 Å². The van der Waals surface area contributed by atoms with Gasteiger partial charge in [-0.15, -0.1) is 0 Å². The molecule has 0 amide bonds. The molecule has 1 aromatic rings. The van der Waals surface area contributed by atoms with Crippen LogP contribution in [0.25, 0.3) is 0 Å². The Balaban J connectivity index is 2.16. The molecule has 8 heteroatoms. The summed E-state index contributed by atoms with van der Waals surface area (Å²) in [7, 11) is 0. The molecule has 0 aromatic heterocycles. The topological polar surface area (TPSA) is 94.7 Å². The molecule has 0 saturated carbocycles. The van der Waals surface area contributed by atoms with Gasteiger partial charge in [-0.2, -0.15) is 10.5 Å². The first-order valence-corrected chi connectivity index (χ1v) is 12.3. The molecule has 34 heavy (non-hydrogen) atoms. The summed E-state index contributed by atoms with van der Waals surface area (Å²) < 4.78 is 0. The number of rotatable bonds is 9. The molecule has 1 aliphatic rings. The number of hydrogen-bond acceptors (Lipinski definition) is 8. The van der Waals surface area contributed by atoms with Gasteiger partial charge in [0.05, 0.1) is 24.2 Å². The van der Waals surface area contributed by atoms with E-state index in [1.165, 1.54) is 0 Å². The van der Waals surface area contributed by atoms with Crippen molar-refractivity contribution in [3.63, 3.8) is 0 Å². The molecule has 1 aromatic carbocycles. The number of nitriles is 2. The lowest BCUT2D eigenvalue weighted by atomic mass is 10.00. The van der Waals surface area contributed by atoms with E-state index in [0.717, 1.165) is 64.2 Å². The average Bonchev–Trinajstić information content (AvgIpc) is 2.87. The van der Waals surface area contributed by atoms with Crippen LogP contribution in [0.4, 0.5) is 0 Å². The normalized spacial score (nSPS) is 18.7.